The maximum absolute atomic E-state index is 13.5. The van der Waals surface area contributed by atoms with E-state index in [2.05, 4.69) is 26.2 Å². The number of aromatic nitrogens is 4. The van der Waals surface area contributed by atoms with Crippen LogP contribution in [0.15, 0.2) is 59.8 Å². The molecule has 2 aliphatic rings. The van der Waals surface area contributed by atoms with Crippen molar-refractivity contribution >= 4 is 23.5 Å². The molecule has 1 saturated heterocycles. The molecule has 1 aromatic heterocycles. The summed E-state index contributed by atoms with van der Waals surface area (Å²) in [5.74, 6) is 1.10. The largest absolute Gasteiger partial charge is 0.495 e. The second-order valence-electron chi connectivity index (χ2n) is 8.52. The van der Waals surface area contributed by atoms with E-state index in [1.807, 2.05) is 24.3 Å². The molecule has 1 fully saturated rings. The lowest BCUT2D eigenvalue weighted by molar-refractivity contribution is -0.137. The number of anilines is 2. The molecular formula is C25H27N7O5. The van der Waals surface area contributed by atoms with Gasteiger partial charge in [-0.2, -0.15) is 4.68 Å². The molecule has 0 saturated carbocycles. The molecule has 0 aliphatic carbocycles. The fourth-order valence-electron chi connectivity index (χ4n) is 4.35. The normalized spacial score (nSPS) is 17.0. The zero-order valence-corrected chi connectivity index (χ0v) is 20.5. The molecule has 2 aliphatic heterocycles. The Morgan fingerprint density at radius 3 is 2.65 bits per heavy atom. The molecule has 0 bridgehead atoms. The van der Waals surface area contributed by atoms with Crippen LogP contribution in [0.2, 0.25) is 0 Å². The number of ether oxygens (including phenoxy) is 3. The Morgan fingerprint density at radius 1 is 1.14 bits per heavy atom. The van der Waals surface area contributed by atoms with Crippen molar-refractivity contribution < 1.29 is 23.8 Å². The highest BCUT2D eigenvalue weighted by atomic mass is 16.5. The zero-order valence-electron chi connectivity index (χ0n) is 20.5. The van der Waals surface area contributed by atoms with Gasteiger partial charge in [0.15, 0.2) is 6.61 Å². The minimum absolute atomic E-state index is 0.0601. The number of carbonyl (C=O) groups excluding carboxylic acids is 2. The standard InChI is InChI=1S/C25H27N7O5/c1-16-22(24(34)27-19-5-3-4-6-20(19)35-2)23(32-25(26-16)28-29-30-32)17-7-9-18(10-8-17)37-15-21(33)31-11-13-36-14-12-31/h3-10,23H,11-15H2,1-2H3,(H,27,34)(H,26,28,30). The quantitative estimate of drug-likeness (QED) is 0.494. The number of rotatable bonds is 7. The molecule has 0 spiro atoms. The lowest BCUT2D eigenvalue weighted by Crippen LogP contribution is -2.42. The molecule has 1 atom stereocenters. The van der Waals surface area contributed by atoms with Crippen LogP contribution in [0.4, 0.5) is 11.6 Å². The molecular weight excluding hydrogens is 478 g/mol. The van der Waals surface area contributed by atoms with Crippen LogP contribution in [0, 0.1) is 0 Å². The van der Waals surface area contributed by atoms with Crippen molar-refractivity contribution in [2.75, 3.05) is 50.7 Å². The summed E-state index contributed by atoms with van der Waals surface area (Å²) in [4.78, 5) is 27.7. The number of amides is 2. The van der Waals surface area contributed by atoms with E-state index in [0.29, 0.717) is 60.7 Å². The van der Waals surface area contributed by atoms with Gasteiger partial charge in [-0.1, -0.05) is 29.4 Å². The van der Waals surface area contributed by atoms with Gasteiger partial charge in [-0.25, -0.2) is 0 Å². The number of nitrogens with zero attached hydrogens (tertiary/aromatic N) is 5. The number of fused-ring (bicyclic) bond motifs is 1. The van der Waals surface area contributed by atoms with Crippen LogP contribution in [0.25, 0.3) is 0 Å². The summed E-state index contributed by atoms with van der Waals surface area (Å²) >= 11 is 0. The van der Waals surface area contributed by atoms with E-state index in [1.165, 1.54) is 0 Å². The van der Waals surface area contributed by atoms with Crippen molar-refractivity contribution in [3.8, 4) is 11.5 Å². The van der Waals surface area contributed by atoms with Gasteiger partial charge in [0.2, 0.25) is 5.95 Å². The smallest absolute Gasteiger partial charge is 0.260 e. The van der Waals surface area contributed by atoms with E-state index >= 15 is 0 Å². The van der Waals surface area contributed by atoms with Gasteiger partial charge in [0, 0.05) is 18.8 Å². The lowest BCUT2D eigenvalue weighted by Gasteiger charge is -2.28. The van der Waals surface area contributed by atoms with Crippen LogP contribution in [-0.2, 0) is 14.3 Å². The number of hydrogen-bond acceptors (Lipinski definition) is 9. The Labute approximate surface area is 213 Å². The van der Waals surface area contributed by atoms with Crippen LogP contribution < -0.4 is 20.1 Å². The number of allylic oxidation sites excluding steroid dienone is 1. The topological polar surface area (TPSA) is 133 Å². The van der Waals surface area contributed by atoms with E-state index in [4.69, 9.17) is 14.2 Å². The van der Waals surface area contributed by atoms with E-state index in [1.54, 1.807) is 47.9 Å². The summed E-state index contributed by atoms with van der Waals surface area (Å²) in [5, 5.41) is 18.0. The van der Waals surface area contributed by atoms with Gasteiger partial charge in [-0.05, 0) is 47.2 Å². The zero-order chi connectivity index (χ0) is 25.8. The second kappa shape index (κ2) is 10.7. The Kier molecular flexibility index (Phi) is 6.99. The Balaban J connectivity index is 1.36. The SMILES string of the molecule is COc1ccccc1NC(=O)C1=C(C)Nc2nnnn2C1c1ccc(OCC(=O)N2CCOCC2)cc1. The molecule has 5 rings (SSSR count). The molecule has 3 aromatic rings. The maximum Gasteiger partial charge on any atom is 0.260 e. The summed E-state index contributed by atoms with van der Waals surface area (Å²) in [6, 6.07) is 13.8. The summed E-state index contributed by atoms with van der Waals surface area (Å²) in [7, 11) is 1.55. The average molecular weight is 506 g/mol. The minimum atomic E-state index is -0.593. The molecule has 12 heteroatoms. The average Bonchev–Trinajstić information content (AvgIpc) is 3.40. The molecule has 0 radical (unpaired) electrons. The fraction of sp³-hybridized carbons (Fsp3) is 0.320. The first kappa shape index (κ1) is 24.3. The third kappa shape index (κ3) is 5.09. The van der Waals surface area contributed by atoms with Crippen LogP contribution in [0.5, 0.6) is 11.5 Å². The van der Waals surface area contributed by atoms with Crippen LogP contribution >= 0.6 is 0 Å². The Hall–Kier alpha value is -4.45. The lowest BCUT2D eigenvalue weighted by atomic mass is 9.95. The Bertz CT molecular complexity index is 1310. The molecule has 2 amide bonds. The van der Waals surface area contributed by atoms with Crippen molar-refractivity contribution in [3.63, 3.8) is 0 Å². The highest BCUT2D eigenvalue weighted by Crippen LogP contribution is 2.36. The highest BCUT2D eigenvalue weighted by Gasteiger charge is 2.34. The number of methoxy groups -OCH3 is 1. The van der Waals surface area contributed by atoms with Gasteiger partial charge >= 0.3 is 0 Å². The molecule has 192 valence electrons. The summed E-state index contributed by atoms with van der Waals surface area (Å²) in [6.45, 7) is 3.95. The van der Waals surface area contributed by atoms with Gasteiger partial charge in [0.05, 0.1) is 31.6 Å². The molecule has 1 unspecified atom stereocenters. The van der Waals surface area contributed by atoms with E-state index in [9.17, 15) is 9.59 Å². The summed E-state index contributed by atoms with van der Waals surface area (Å²) in [6.07, 6.45) is 0. The number of carbonyl (C=O) groups is 2. The number of morpholine rings is 1. The van der Waals surface area contributed by atoms with Crippen LogP contribution in [0.3, 0.4) is 0 Å². The third-order valence-electron chi connectivity index (χ3n) is 6.24. The van der Waals surface area contributed by atoms with Gasteiger partial charge in [-0.3, -0.25) is 9.59 Å². The number of nitrogens with one attached hydrogen (secondary N) is 2. The molecule has 2 N–H and O–H groups in total. The van der Waals surface area contributed by atoms with Gasteiger partial charge < -0.3 is 29.7 Å². The first-order chi connectivity index (χ1) is 18.0. The minimum Gasteiger partial charge on any atom is -0.495 e. The fourth-order valence-corrected chi connectivity index (χ4v) is 4.35. The van der Waals surface area contributed by atoms with Gasteiger partial charge in [0.1, 0.15) is 17.5 Å². The molecule has 2 aromatic carbocycles. The van der Waals surface area contributed by atoms with Crippen molar-refractivity contribution in [1.82, 2.24) is 25.1 Å². The van der Waals surface area contributed by atoms with Crippen molar-refractivity contribution in [3.05, 3.63) is 65.4 Å². The summed E-state index contributed by atoms with van der Waals surface area (Å²) < 4.78 is 17.9. The number of hydrogen-bond donors (Lipinski definition) is 2. The third-order valence-corrected chi connectivity index (χ3v) is 6.24. The number of benzene rings is 2. The Morgan fingerprint density at radius 2 is 1.89 bits per heavy atom. The predicted octanol–water partition coefficient (Wildman–Crippen LogP) is 1.85. The monoisotopic (exact) mass is 505 g/mol. The van der Waals surface area contributed by atoms with Crippen molar-refractivity contribution in [2.45, 2.75) is 13.0 Å². The van der Waals surface area contributed by atoms with Crippen LogP contribution in [0.1, 0.15) is 18.5 Å². The summed E-state index contributed by atoms with van der Waals surface area (Å²) in [5.41, 5.74) is 2.38. The number of para-hydroxylation sites is 2. The first-order valence-electron chi connectivity index (χ1n) is 11.8. The van der Waals surface area contributed by atoms with E-state index in [-0.39, 0.29) is 18.4 Å². The highest BCUT2D eigenvalue weighted by molar-refractivity contribution is 6.06. The van der Waals surface area contributed by atoms with Gasteiger partial charge in [0.25, 0.3) is 11.8 Å². The predicted molar refractivity (Wildman–Crippen MR) is 133 cm³/mol. The first-order valence-corrected chi connectivity index (χ1v) is 11.8. The second-order valence-corrected chi connectivity index (χ2v) is 8.52. The van der Waals surface area contributed by atoms with Crippen molar-refractivity contribution in [2.24, 2.45) is 0 Å². The van der Waals surface area contributed by atoms with Gasteiger partial charge in [-0.15, -0.1) is 0 Å². The molecule has 3 heterocycles. The molecule has 12 nitrogen and oxygen atoms in total. The van der Waals surface area contributed by atoms with Crippen molar-refractivity contribution in [1.29, 1.82) is 0 Å². The molecule has 37 heavy (non-hydrogen) atoms. The van der Waals surface area contributed by atoms with Crippen LogP contribution in [-0.4, -0.2) is 76.9 Å². The van der Waals surface area contributed by atoms with E-state index in [0.717, 1.165) is 5.56 Å². The maximum atomic E-state index is 13.5. The number of tetrazole rings is 1. The van der Waals surface area contributed by atoms with E-state index < -0.39 is 6.04 Å².